The number of rotatable bonds is 4. The number of aryl methyl sites for hydroxylation is 1. The lowest BCUT2D eigenvalue weighted by atomic mass is 9.97. The standard InChI is InChI=1S/C26H26N2O4/c1-26(2,3)32-25(31)27-15-22-23(24(29)30)20-13-12-17(14-21(20)28(22)4)19-11-7-9-16-8-5-6-10-18(16)19/h5-14H,15H2,1-4H3,(H,27,31)(H,29,30). The van der Waals surface area contributed by atoms with Crippen LogP contribution in [-0.2, 0) is 18.3 Å². The molecule has 0 saturated heterocycles. The first-order valence-electron chi connectivity index (χ1n) is 10.5. The Morgan fingerprint density at radius 2 is 1.72 bits per heavy atom. The van der Waals surface area contributed by atoms with Crippen LogP contribution in [0.3, 0.4) is 0 Å². The Morgan fingerprint density at radius 3 is 2.44 bits per heavy atom. The quantitative estimate of drug-likeness (QED) is 0.434. The number of ether oxygens (including phenoxy) is 1. The van der Waals surface area contributed by atoms with Crippen molar-refractivity contribution in [1.29, 1.82) is 0 Å². The number of carbonyl (C=O) groups is 2. The molecule has 0 radical (unpaired) electrons. The van der Waals surface area contributed by atoms with Gasteiger partial charge < -0.3 is 19.7 Å². The molecule has 6 heteroatoms. The lowest BCUT2D eigenvalue weighted by molar-refractivity contribution is 0.0519. The maximum atomic E-state index is 12.1. The summed E-state index contributed by atoms with van der Waals surface area (Å²) in [5.74, 6) is -1.03. The third-order valence-corrected chi connectivity index (χ3v) is 5.44. The molecule has 1 heterocycles. The van der Waals surface area contributed by atoms with Gasteiger partial charge in [-0.3, -0.25) is 0 Å². The van der Waals surface area contributed by atoms with Gasteiger partial charge in [-0.1, -0.05) is 54.6 Å². The monoisotopic (exact) mass is 430 g/mol. The van der Waals surface area contributed by atoms with E-state index in [9.17, 15) is 14.7 Å². The molecule has 32 heavy (non-hydrogen) atoms. The molecule has 0 aliphatic carbocycles. The second-order valence-corrected chi connectivity index (χ2v) is 8.80. The number of amides is 1. The number of hydrogen-bond acceptors (Lipinski definition) is 3. The van der Waals surface area contributed by atoms with Gasteiger partial charge in [-0.25, -0.2) is 9.59 Å². The fraction of sp³-hybridized carbons (Fsp3) is 0.231. The number of fused-ring (bicyclic) bond motifs is 2. The second-order valence-electron chi connectivity index (χ2n) is 8.80. The molecule has 0 unspecified atom stereocenters. The Labute approximate surface area is 186 Å². The Hall–Kier alpha value is -3.80. The number of nitrogens with zero attached hydrogens (tertiary/aromatic N) is 1. The van der Waals surface area contributed by atoms with Crippen LogP contribution in [0, 0.1) is 0 Å². The summed E-state index contributed by atoms with van der Waals surface area (Å²) >= 11 is 0. The number of alkyl carbamates (subject to hydrolysis) is 1. The van der Waals surface area contributed by atoms with E-state index in [1.165, 1.54) is 0 Å². The number of benzene rings is 3. The molecule has 0 bridgehead atoms. The Balaban J connectivity index is 1.78. The van der Waals surface area contributed by atoms with E-state index in [0.29, 0.717) is 11.1 Å². The highest BCUT2D eigenvalue weighted by atomic mass is 16.6. The van der Waals surface area contributed by atoms with Gasteiger partial charge in [-0.15, -0.1) is 0 Å². The van der Waals surface area contributed by atoms with Crippen LogP contribution >= 0.6 is 0 Å². The summed E-state index contributed by atoms with van der Waals surface area (Å²) in [6, 6.07) is 20.1. The van der Waals surface area contributed by atoms with Crippen LogP contribution in [-0.4, -0.2) is 27.3 Å². The molecule has 0 spiro atoms. The zero-order valence-electron chi connectivity index (χ0n) is 18.6. The highest BCUT2D eigenvalue weighted by molar-refractivity contribution is 6.07. The summed E-state index contributed by atoms with van der Waals surface area (Å²) in [6.07, 6.45) is -0.587. The smallest absolute Gasteiger partial charge is 0.407 e. The Morgan fingerprint density at radius 1 is 1.00 bits per heavy atom. The maximum Gasteiger partial charge on any atom is 0.407 e. The molecule has 0 aliphatic rings. The van der Waals surface area contributed by atoms with Crippen molar-refractivity contribution in [2.45, 2.75) is 32.9 Å². The van der Waals surface area contributed by atoms with Crippen LogP contribution < -0.4 is 5.32 Å². The molecule has 6 nitrogen and oxygen atoms in total. The largest absolute Gasteiger partial charge is 0.478 e. The number of hydrogen-bond donors (Lipinski definition) is 2. The number of nitrogens with one attached hydrogen (secondary N) is 1. The van der Waals surface area contributed by atoms with Gasteiger partial charge in [0.25, 0.3) is 0 Å². The lowest BCUT2D eigenvalue weighted by Crippen LogP contribution is -2.32. The number of aromatic nitrogens is 1. The van der Waals surface area contributed by atoms with Crippen LogP contribution in [0.25, 0.3) is 32.8 Å². The summed E-state index contributed by atoms with van der Waals surface area (Å²) in [6.45, 7) is 5.38. The molecule has 4 rings (SSSR count). The fourth-order valence-corrected chi connectivity index (χ4v) is 4.05. The first kappa shape index (κ1) is 21.4. The van der Waals surface area contributed by atoms with Crippen molar-refractivity contribution >= 4 is 33.7 Å². The van der Waals surface area contributed by atoms with Gasteiger partial charge in [-0.2, -0.15) is 0 Å². The number of carboxylic acid groups (broad SMARTS) is 1. The number of carbonyl (C=O) groups excluding carboxylic acids is 1. The van der Waals surface area contributed by atoms with Crippen molar-refractivity contribution in [3.63, 3.8) is 0 Å². The predicted molar refractivity (Wildman–Crippen MR) is 126 cm³/mol. The molecule has 164 valence electrons. The summed E-state index contributed by atoms with van der Waals surface area (Å²) in [7, 11) is 1.81. The zero-order valence-corrected chi connectivity index (χ0v) is 18.6. The van der Waals surface area contributed by atoms with Crippen LogP contribution in [0.15, 0.2) is 60.7 Å². The molecule has 0 atom stereocenters. The highest BCUT2D eigenvalue weighted by Crippen LogP contribution is 2.33. The van der Waals surface area contributed by atoms with Gasteiger partial charge in [-0.05, 0) is 48.7 Å². The van der Waals surface area contributed by atoms with Gasteiger partial charge >= 0.3 is 12.1 Å². The van der Waals surface area contributed by atoms with E-state index < -0.39 is 17.7 Å². The molecule has 1 aromatic heterocycles. The lowest BCUT2D eigenvalue weighted by Gasteiger charge is -2.19. The van der Waals surface area contributed by atoms with Crippen molar-refractivity contribution in [1.82, 2.24) is 9.88 Å². The topological polar surface area (TPSA) is 80.6 Å². The molecular formula is C26H26N2O4. The Kier molecular flexibility index (Phi) is 5.38. The van der Waals surface area contributed by atoms with Crippen molar-refractivity contribution < 1.29 is 19.4 Å². The molecule has 0 saturated carbocycles. The first-order valence-corrected chi connectivity index (χ1v) is 10.5. The molecule has 0 fully saturated rings. The predicted octanol–water partition coefficient (Wildman–Crippen LogP) is 5.72. The van der Waals surface area contributed by atoms with Crippen molar-refractivity contribution in [3.8, 4) is 11.1 Å². The maximum absolute atomic E-state index is 12.1. The van der Waals surface area contributed by atoms with E-state index >= 15 is 0 Å². The third kappa shape index (κ3) is 4.04. The second kappa shape index (κ2) is 8.04. The normalized spacial score (nSPS) is 11.6. The number of carboxylic acids is 1. The van der Waals surface area contributed by atoms with Crippen LogP contribution in [0.1, 0.15) is 36.8 Å². The van der Waals surface area contributed by atoms with E-state index in [2.05, 4.69) is 29.6 Å². The minimum absolute atomic E-state index is 0.0470. The molecule has 4 aromatic rings. The van der Waals surface area contributed by atoms with Gasteiger partial charge in [0, 0.05) is 18.0 Å². The van der Waals surface area contributed by atoms with E-state index in [0.717, 1.165) is 27.4 Å². The van der Waals surface area contributed by atoms with E-state index in [-0.39, 0.29) is 12.1 Å². The zero-order chi connectivity index (χ0) is 23.0. The third-order valence-electron chi connectivity index (χ3n) is 5.44. The molecule has 2 N–H and O–H groups in total. The van der Waals surface area contributed by atoms with E-state index in [4.69, 9.17) is 4.74 Å². The van der Waals surface area contributed by atoms with E-state index in [1.807, 2.05) is 48.0 Å². The fourth-order valence-electron chi connectivity index (χ4n) is 4.05. The summed E-state index contributed by atoms with van der Waals surface area (Å²) in [5.41, 5.74) is 2.92. The highest BCUT2D eigenvalue weighted by Gasteiger charge is 2.23. The van der Waals surface area contributed by atoms with Crippen LogP contribution in [0.4, 0.5) is 4.79 Å². The minimum Gasteiger partial charge on any atom is -0.478 e. The van der Waals surface area contributed by atoms with Crippen molar-refractivity contribution in [2.75, 3.05) is 0 Å². The first-order chi connectivity index (χ1) is 15.2. The molecule has 1 amide bonds. The van der Waals surface area contributed by atoms with Gasteiger partial charge in [0.15, 0.2) is 0 Å². The van der Waals surface area contributed by atoms with Gasteiger partial charge in [0.05, 0.1) is 17.8 Å². The summed E-state index contributed by atoms with van der Waals surface area (Å²) < 4.78 is 7.11. The number of aromatic carboxylic acids is 1. The summed E-state index contributed by atoms with van der Waals surface area (Å²) in [4.78, 5) is 24.2. The van der Waals surface area contributed by atoms with Gasteiger partial charge in [0.1, 0.15) is 5.60 Å². The average molecular weight is 431 g/mol. The van der Waals surface area contributed by atoms with E-state index in [1.54, 1.807) is 20.8 Å². The Bertz CT molecular complexity index is 1340. The van der Waals surface area contributed by atoms with Crippen LogP contribution in [0.2, 0.25) is 0 Å². The molecule has 3 aromatic carbocycles. The van der Waals surface area contributed by atoms with Crippen molar-refractivity contribution in [3.05, 3.63) is 71.9 Å². The van der Waals surface area contributed by atoms with Crippen LogP contribution in [0.5, 0.6) is 0 Å². The molecule has 0 aliphatic heterocycles. The summed E-state index contributed by atoms with van der Waals surface area (Å²) in [5, 5.41) is 15.5. The molecular weight excluding hydrogens is 404 g/mol. The minimum atomic E-state index is -1.03. The SMILES string of the molecule is Cn1c(CNC(=O)OC(C)(C)C)c(C(=O)O)c2ccc(-c3cccc4ccccc34)cc21. The van der Waals surface area contributed by atoms with Gasteiger partial charge in [0.2, 0.25) is 0 Å². The van der Waals surface area contributed by atoms with Crippen molar-refractivity contribution in [2.24, 2.45) is 7.05 Å². The average Bonchev–Trinajstić information content (AvgIpc) is 3.02.